The van der Waals surface area contributed by atoms with Crippen molar-refractivity contribution >= 4 is 17.3 Å². The number of hydrogen-bond donors (Lipinski definition) is 1. The quantitative estimate of drug-likeness (QED) is 0.940. The minimum atomic E-state index is -0.0843. The van der Waals surface area contributed by atoms with E-state index in [2.05, 4.69) is 21.4 Å². The summed E-state index contributed by atoms with van der Waals surface area (Å²) >= 11 is 0. The van der Waals surface area contributed by atoms with Gasteiger partial charge in [0.25, 0.3) is 0 Å². The number of nitrogens with one attached hydrogen (secondary N) is 1. The molecule has 0 radical (unpaired) electrons. The normalized spacial score (nSPS) is 15.6. The molecule has 0 aromatic carbocycles. The zero-order chi connectivity index (χ0) is 15.5. The van der Waals surface area contributed by atoms with Crippen LogP contribution in [-0.4, -0.2) is 35.6 Å². The van der Waals surface area contributed by atoms with Gasteiger partial charge in [-0.25, -0.2) is 0 Å². The van der Waals surface area contributed by atoms with Gasteiger partial charge in [-0.3, -0.25) is 9.69 Å². The van der Waals surface area contributed by atoms with E-state index in [1.54, 1.807) is 13.0 Å². The molecular formula is C16H19N3O3. The fourth-order valence-corrected chi connectivity index (χ4v) is 2.50. The van der Waals surface area contributed by atoms with E-state index in [9.17, 15) is 4.79 Å². The smallest absolute Gasteiger partial charge is 0.239 e. The topological polar surface area (TPSA) is 71.5 Å². The Morgan fingerprint density at radius 2 is 2.23 bits per heavy atom. The van der Waals surface area contributed by atoms with Crippen LogP contribution < -0.4 is 5.32 Å². The number of carbonyl (C=O) groups excluding carboxylic acids is 1. The van der Waals surface area contributed by atoms with Gasteiger partial charge in [-0.1, -0.05) is 11.2 Å². The van der Waals surface area contributed by atoms with E-state index in [0.717, 1.165) is 31.0 Å². The van der Waals surface area contributed by atoms with Gasteiger partial charge in [-0.2, -0.15) is 0 Å². The summed E-state index contributed by atoms with van der Waals surface area (Å²) in [4.78, 5) is 14.1. The summed E-state index contributed by atoms with van der Waals surface area (Å²) in [5.41, 5.74) is 1.21. The van der Waals surface area contributed by atoms with Gasteiger partial charge in [0.15, 0.2) is 5.82 Å². The molecule has 0 saturated heterocycles. The molecule has 0 atom stereocenters. The number of aryl methyl sites for hydroxylation is 2. The summed E-state index contributed by atoms with van der Waals surface area (Å²) < 4.78 is 10.6. The van der Waals surface area contributed by atoms with Crippen LogP contribution in [0.2, 0.25) is 0 Å². The highest BCUT2D eigenvalue weighted by Gasteiger charge is 2.17. The zero-order valence-corrected chi connectivity index (χ0v) is 12.8. The van der Waals surface area contributed by atoms with Crippen molar-refractivity contribution in [2.75, 3.05) is 25.0 Å². The van der Waals surface area contributed by atoms with E-state index in [0.29, 0.717) is 18.1 Å². The minimum Gasteiger partial charge on any atom is -0.462 e. The molecule has 116 valence electrons. The van der Waals surface area contributed by atoms with Crippen LogP contribution in [0, 0.1) is 13.8 Å². The van der Waals surface area contributed by atoms with Gasteiger partial charge < -0.3 is 14.3 Å². The third-order valence-electron chi connectivity index (χ3n) is 3.61. The molecule has 1 N–H and O–H groups in total. The van der Waals surface area contributed by atoms with Gasteiger partial charge in [-0.05, 0) is 38.0 Å². The Kier molecular flexibility index (Phi) is 4.11. The van der Waals surface area contributed by atoms with E-state index < -0.39 is 0 Å². The first-order chi connectivity index (χ1) is 10.6. The lowest BCUT2D eigenvalue weighted by atomic mass is 10.1. The average molecular weight is 301 g/mol. The van der Waals surface area contributed by atoms with Gasteiger partial charge in [0.1, 0.15) is 17.3 Å². The molecule has 3 rings (SSSR count). The number of nitrogens with zero attached hydrogens (tertiary/aromatic N) is 2. The molecule has 0 spiro atoms. The lowest BCUT2D eigenvalue weighted by Gasteiger charge is -2.24. The molecule has 6 nitrogen and oxygen atoms in total. The number of amides is 1. The van der Waals surface area contributed by atoms with E-state index in [1.807, 2.05) is 19.1 Å². The van der Waals surface area contributed by atoms with Crippen LogP contribution in [0.25, 0.3) is 5.57 Å². The summed E-state index contributed by atoms with van der Waals surface area (Å²) in [6.45, 7) is 5.63. The Balaban J connectivity index is 1.53. The third kappa shape index (κ3) is 3.46. The molecule has 6 heteroatoms. The van der Waals surface area contributed by atoms with Crippen LogP contribution in [0.15, 0.2) is 33.2 Å². The molecule has 3 heterocycles. The largest absolute Gasteiger partial charge is 0.462 e. The van der Waals surface area contributed by atoms with Gasteiger partial charge in [0, 0.05) is 19.2 Å². The maximum Gasteiger partial charge on any atom is 0.239 e. The van der Waals surface area contributed by atoms with Crippen LogP contribution in [-0.2, 0) is 4.79 Å². The molecule has 0 aliphatic carbocycles. The van der Waals surface area contributed by atoms with E-state index in [4.69, 9.17) is 8.94 Å². The van der Waals surface area contributed by atoms with Crippen LogP contribution in [0.4, 0.5) is 5.82 Å². The molecule has 1 aliphatic heterocycles. The summed E-state index contributed by atoms with van der Waals surface area (Å²) in [5.74, 6) is 2.90. The van der Waals surface area contributed by atoms with Crippen molar-refractivity contribution in [1.29, 1.82) is 0 Å². The van der Waals surface area contributed by atoms with Crippen molar-refractivity contribution in [3.8, 4) is 0 Å². The highest BCUT2D eigenvalue weighted by molar-refractivity contribution is 5.91. The Labute approximate surface area is 128 Å². The fraction of sp³-hybridized carbons (Fsp3) is 0.375. The molecule has 1 amide bonds. The van der Waals surface area contributed by atoms with Crippen LogP contribution >= 0.6 is 0 Å². The fourth-order valence-electron chi connectivity index (χ4n) is 2.50. The standard InChI is InChI=1S/C16H19N3O3/c1-11-3-4-14(21-11)13-5-7-19(8-6-13)10-16(20)17-15-9-12(2)22-18-15/h3-5,9H,6-8,10H2,1-2H3,(H,17,18,20). The third-order valence-corrected chi connectivity index (χ3v) is 3.61. The highest BCUT2D eigenvalue weighted by atomic mass is 16.5. The van der Waals surface area contributed by atoms with Crippen molar-refractivity contribution in [2.45, 2.75) is 20.3 Å². The molecular weight excluding hydrogens is 282 g/mol. The molecule has 0 bridgehead atoms. The SMILES string of the molecule is Cc1cc(NC(=O)CN2CC=C(c3ccc(C)o3)CC2)no1. The number of hydrogen-bond acceptors (Lipinski definition) is 5. The second-order valence-electron chi connectivity index (χ2n) is 5.50. The van der Waals surface area contributed by atoms with E-state index in [1.165, 1.54) is 5.57 Å². The second-order valence-corrected chi connectivity index (χ2v) is 5.50. The predicted octanol–water partition coefficient (Wildman–Crippen LogP) is 2.61. The maximum atomic E-state index is 12.0. The number of furan rings is 1. The Morgan fingerprint density at radius 3 is 2.82 bits per heavy atom. The highest BCUT2D eigenvalue weighted by Crippen LogP contribution is 2.23. The number of anilines is 1. The van der Waals surface area contributed by atoms with Gasteiger partial charge in [0.05, 0.1) is 6.54 Å². The molecule has 1 aliphatic rings. The molecule has 0 saturated carbocycles. The first kappa shape index (κ1) is 14.6. The summed E-state index contributed by atoms with van der Waals surface area (Å²) in [5, 5.41) is 6.48. The van der Waals surface area contributed by atoms with E-state index in [-0.39, 0.29) is 5.91 Å². The average Bonchev–Trinajstić information content (AvgIpc) is 3.08. The summed E-state index contributed by atoms with van der Waals surface area (Å²) in [6, 6.07) is 5.66. The molecule has 0 fully saturated rings. The Hall–Kier alpha value is -2.34. The number of rotatable bonds is 4. The van der Waals surface area contributed by atoms with Crippen molar-refractivity contribution in [1.82, 2.24) is 10.1 Å². The summed E-state index contributed by atoms with van der Waals surface area (Å²) in [7, 11) is 0. The van der Waals surface area contributed by atoms with Gasteiger partial charge >= 0.3 is 0 Å². The Bertz CT molecular complexity index is 699. The van der Waals surface area contributed by atoms with Crippen molar-refractivity contribution < 1.29 is 13.7 Å². The minimum absolute atomic E-state index is 0.0843. The summed E-state index contributed by atoms with van der Waals surface area (Å²) in [6.07, 6.45) is 3.00. The maximum absolute atomic E-state index is 12.0. The Morgan fingerprint density at radius 1 is 1.36 bits per heavy atom. The van der Waals surface area contributed by atoms with Gasteiger partial charge in [0.2, 0.25) is 5.91 Å². The van der Waals surface area contributed by atoms with Crippen LogP contribution in [0.3, 0.4) is 0 Å². The predicted molar refractivity (Wildman–Crippen MR) is 82.3 cm³/mol. The monoisotopic (exact) mass is 301 g/mol. The van der Waals surface area contributed by atoms with Crippen molar-refractivity contribution in [3.63, 3.8) is 0 Å². The van der Waals surface area contributed by atoms with E-state index >= 15 is 0 Å². The van der Waals surface area contributed by atoms with Crippen LogP contribution in [0.1, 0.15) is 23.7 Å². The van der Waals surface area contributed by atoms with Crippen molar-refractivity contribution in [2.24, 2.45) is 0 Å². The molecule has 0 unspecified atom stereocenters. The molecule has 2 aromatic rings. The van der Waals surface area contributed by atoms with Crippen LogP contribution in [0.5, 0.6) is 0 Å². The number of aromatic nitrogens is 1. The lowest BCUT2D eigenvalue weighted by molar-refractivity contribution is -0.117. The first-order valence-corrected chi connectivity index (χ1v) is 7.31. The number of carbonyl (C=O) groups is 1. The zero-order valence-electron chi connectivity index (χ0n) is 12.8. The molecule has 22 heavy (non-hydrogen) atoms. The molecule has 2 aromatic heterocycles. The first-order valence-electron chi connectivity index (χ1n) is 7.31. The van der Waals surface area contributed by atoms with Crippen molar-refractivity contribution in [3.05, 3.63) is 41.6 Å². The lowest BCUT2D eigenvalue weighted by Crippen LogP contribution is -2.36. The van der Waals surface area contributed by atoms with Gasteiger partial charge in [-0.15, -0.1) is 0 Å². The second kappa shape index (κ2) is 6.19.